The summed E-state index contributed by atoms with van der Waals surface area (Å²) in [4.78, 5) is 36.0. The summed E-state index contributed by atoms with van der Waals surface area (Å²) in [7, 11) is -3.48. The molecule has 0 aliphatic carbocycles. The summed E-state index contributed by atoms with van der Waals surface area (Å²) in [6, 6.07) is 12.3. The molecule has 1 heterocycles. The van der Waals surface area contributed by atoms with Crippen LogP contribution in [0.1, 0.15) is 26.5 Å². The summed E-state index contributed by atoms with van der Waals surface area (Å²) >= 11 is 0. The number of sulfonamides is 1. The highest BCUT2D eigenvalue weighted by Gasteiger charge is 2.33. The second-order valence-electron chi connectivity index (χ2n) is 7.54. The van der Waals surface area contributed by atoms with Gasteiger partial charge >= 0.3 is 5.97 Å². The zero-order valence-electron chi connectivity index (χ0n) is 18.8. The lowest BCUT2D eigenvalue weighted by molar-refractivity contribution is -0.384. The number of nitro groups is 1. The molecule has 0 bridgehead atoms. The van der Waals surface area contributed by atoms with Gasteiger partial charge in [-0.2, -0.15) is 4.31 Å². The molecule has 1 amide bonds. The van der Waals surface area contributed by atoms with Crippen LogP contribution in [-0.2, 0) is 14.8 Å². The van der Waals surface area contributed by atoms with Gasteiger partial charge in [-0.1, -0.05) is 6.07 Å². The van der Waals surface area contributed by atoms with Crippen LogP contribution in [0.3, 0.4) is 0 Å². The molecule has 0 atom stereocenters. The molecular formula is C24H17FN2O8S. The minimum absolute atomic E-state index is 0.0382. The molecule has 4 aromatic rings. The van der Waals surface area contributed by atoms with E-state index < -0.39 is 43.2 Å². The number of methoxy groups -OCH3 is 1. The third-order valence-electron chi connectivity index (χ3n) is 5.31. The van der Waals surface area contributed by atoms with Crippen molar-refractivity contribution in [1.29, 1.82) is 0 Å². The van der Waals surface area contributed by atoms with E-state index >= 15 is 0 Å². The van der Waals surface area contributed by atoms with Crippen LogP contribution in [0.25, 0.3) is 11.0 Å². The molecule has 0 fully saturated rings. The van der Waals surface area contributed by atoms with Crippen LogP contribution in [0.2, 0.25) is 0 Å². The Morgan fingerprint density at radius 2 is 1.75 bits per heavy atom. The number of hydrogen-bond donors (Lipinski definition) is 0. The van der Waals surface area contributed by atoms with Gasteiger partial charge in [-0.25, -0.2) is 17.6 Å². The van der Waals surface area contributed by atoms with Gasteiger partial charge in [0.05, 0.1) is 22.6 Å². The number of benzene rings is 3. The monoisotopic (exact) mass is 512 g/mol. The zero-order valence-corrected chi connectivity index (χ0v) is 19.6. The van der Waals surface area contributed by atoms with Crippen molar-refractivity contribution in [2.45, 2.75) is 11.8 Å². The fraction of sp³-hybridized carbons (Fsp3) is 0.0833. The van der Waals surface area contributed by atoms with Crippen molar-refractivity contribution in [2.24, 2.45) is 0 Å². The average Bonchev–Trinajstić information content (AvgIpc) is 3.18. The van der Waals surface area contributed by atoms with Gasteiger partial charge in [0, 0.05) is 23.1 Å². The summed E-state index contributed by atoms with van der Waals surface area (Å²) in [5.74, 6) is -2.32. The lowest BCUT2D eigenvalue weighted by atomic mass is 10.1. The number of amides is 1. The van der Waals surface area contributed by atoms with Crippen molar-refractivity contribution in [1.82, 2.24) is 0 Å². The van der Waals surface area contributed by atoms with Gasteiger partial charge in [-0.3, -0.25) is 14.9 Å². The van der Waals surface area contributed by atoms with E-state index in [4.69, 9.17) is 9.15 Å². The van der Waals surface area contributed by atoms with Gasteiger partial charge < -0.3 is 9.15 Å². The summed E-state index contributed by atoms with van der Waals surface area (Å²) < 4.78 is 51.5. The number of rotatable bonds is 6. The number of non-ortho nitro benzene ring substituents is 1. The van der Waals surface area contributed by atoms with Gasteiger partial charge in [-0.15, -0.1) is 0 Å². The van der Waals surface area contributed by atoms with Crippen LogP contribution in [-0.4, -0.2) is 32.3 Å². The molecule has 0 aliphatic rings. The Bertz CT molecular complexity index is 1630. The second-order valence-corrected chi connectivity index (χ2v) is 9.33. The third-order valence-corrected chi connectivity index (χ3v) is 7.04. The Kier molecular flexibility index (Phi) is 6.29. The first-order valence-corrected chi connectivity index (χ1v) is 11.7. The van der Waals surface area contributed by atoms with Crippen LogP contribution in [0.5, 0.6) is 0 Å². The van der Waals surface area contributed by atoms with E-state index in [1.165, 1.54) is 44.4 Å². The van der Waals surface area contributed by atoms with Crippen LogP contribution < -0.4 is 4.31 Å². The van der Waals surface area contributed by atoms with Gasteiger partial charge in [-0.05, 0) is 55.5 Å². The molecule has 0 unspecified atom stereocenters. The highest BCUT2D eigenvalue weighted by atomic mass is 32.2. The summed E-state index contributed by atoms with van der Waals surface area (Å²) in [6.45, 7) is 1.52. The normalized spacial score (nSPS) is 11.3. The molecule has 0 aliphatic heterocycles. The van der Waals surface area contributed by atoms with Gasteiger partial charge in [0.2, 0.25) is 0 Å². The van der Waals surface area contributed by atoms with E-state index in [0.717, 1.165) is 36.4 Å². The van der Waals surface area contributed by atoms with E-state index in [-0.39, 0.29) is 33.5 Å². The molecule has 0 saturated carbocycles. The van der Waals surface area contributed by atoms with Gasteiger partial charge in [0.25, 0.3) is 21.6 Å². The van der Waals surface area contributed by atoms with Crippen molar-refractivity contribution in [3.8, 4) is 0 Å². The number of carbonyl (C=O) groups excluding carboxylic acids is 2. The number of nitro benzene ring substituents is 1. The molecule has 4 rings (SSSR count). The summed E-state index contributed by atoms with van der Waals surface area (Å²) in [6.07, 6.45) is 0. The first-order valence-electron chi connectivity index (χ1n) is 10.3. The molecule has 10 nitrogen and oxygen atoms in total. The smallest absolute Gasteiger partial charge is 0.342 e. The lowest BCUT2D eigenvalue weighted by Gasteiger charge is -2.23. The Balaban J connectivity index is 1.96. The summed E-state index contributed by atoms with van der Waals surface area (Å²) in [5, 5.41) is 11.4. The maximum absolute atomic E-state index is 13.6. The predicted octanol–water partition coefficient (Wildman–Crippen LogP) is 4.61. The lowest BCUT2D eigenvalue weighted by Crippen LogP contribution is -2.37. The van der Waals surface area contributed by atoms with Crippen molar-refractivity contribution in [3.63, 3.8) is 0 Å². The number of fused-ring (bicyclic) bond motifs is 1. The Morgan fingerprint density at radius 1 is 1.06 bits per heavy atom. The quantitative estimate of drug-likeness (QED) is 0.207. The van der Waals surface area contributed by atoms with Crippen LogP contribution in [0, 0.1) is 22.9 Å². The molecule has 36 heavy (non-hydrogen) atoms. The van der Waals surface area contributed by atoms with E-state index in [1.54, 1.807) is 0 Å². The maximum Gasteiger partial charge on any atom is 0.342 e. The SMILES string of the molecule is COC(=O)c1c(C)oc2ccc(N(C(=O)c3cccc([N+](=O)[O-])c3)S(=O)(=O)c3ccc(F)cc3)cc12. The highest BCUT2D eigenvalue weighted by Crippen LogP contribution is 2.33. The zero-order chi connectivity index (χ0) is 26.2. The first kappa shape index (κ1) is 24.5. The third kappa shape index (κ3) is 4.29. The second kappa shape index (κ2) is 9.23. The van der Waals surface area contributed by atoms with Gasteiger partial charge in [0.1, 0.15) is 22.7 Å². The minimum atomic E-state index is -4.65. The number of hydrogen-bond acceptors (Lipinski definition) is 8. The largest absolute Gasteiger partial charge is 0.465 e. The average molecular weight is 512 g/mol. The van der Waals surface area contributed by atoms with Crippen molar-refractivity contribution in [2.75, 3.05) is 11.4 Å². The van der Waals surface area contributed by atoms with E-state index in [1.807, 2.05) is 0 Å². The highest BCUT2D eigenvalue weighted by molar-refractivity contribution is 7.93. The van der Waals surface area contributed by atoms with Crippen LogP contribution in [0.4, 0.5) is 15.8 Å². The van der Waals surface area contributed by atoms with E-state index in [0.29, 0.717) is 4.31 Å². The van der Waals surface area contributed by atoms with Crippen LogP contribution >= 0.6 is 0 Å². The number of nitrogens with zero attached hydrogens (tertiary/aromatic N) is 2. The molecule has 1 aromatic heterocycles. The minimum Gasteiger partial charge on any atom is -0.465 e. The van der Waals surface area contributed by atoms with Crippen molar-refractivity contribution >= 4 is 44.2 Å². The van der Waals surface area contributed by atoms with E-state index in [9.17, 15) is 32.5 Å². The Morgan fingerprint density at radius 3 is 2.39 bits per heavy atom. The first-order chi connectivity index (χ1) is 17.0. The number of esters is 1. The Labute approximate surface area is 203 Å². The molecule has 184 valence electrons. The molecule has 0 saturated heterocycles. The molecule has 3 aromatic carbocycles. The van der Waals surface area contributed by atoms with Crippen LogP contribution in [0.15, 0.2) is 76.0 Å². The Hall–Kier alpha value is -4.58. The topological polar surface area (TPSA) is 137 Å². The number of furan rings is 1. The maximum atomic E-state index is 13.6. The number of halogens is 1. The van der Waals surface area contributed by atoms with Crippen molar-refractivity contribution < 1.29 is 36.5 Å². The summed E-state index contributed by atoms with van der Waals surface area (Å²) in [5.41, 5.74) is -0.621. The number of carbonyl (C=O) groups is 2. The fourth-order valence-corrected chi connectivity index (χ4v) is 5.04. The molecule has 12 heteroatoms. The number of anilines is 1. The van der Waals surface area contributed by atoms with E-state index in [2.05, 4.69) is 0 Å². The number of ether oxygens (including phenoxy) is 1. The van der Waals surface area contributed by atoms with Crippen molar-refractivity contribution in [3.05, 3.63) is 99.5 Å². The standard InChI is InChI=1S/C24H17FN2O8S/c1-14-22(24(29)34-2)20-13-17(8-11-21(20)35-14)26(36(32,33)19-9-6-16(25)7-10-19)23(28)15-4-3-5-18(12-15)27(30)31/h3-13H,1-2H3. The molecule has 0 spiro atoms. The fourth-order valence-electron chi connectivity index (χ4n) is 3.64. The number of aryl methyl sites for hydroxylation is 1. The molecule has 0 N–H and O–H groups in total. The predicted molar refractivity (Wildman–Crippen MR) is 126 cm³/mol. The molecule has 0 radical (unpaired) electrons. The van der Waals surface area contributed by atoms with Gasteiger partial charge in [0.15, 0.2) is 0 Å². The molecular weight excluding hydrogens is 495 g/mol.